The van der Waals surface area contributed by atoms with Gasteiger partial charge >= 0.3 is 5.97 Å². The molecule has 0 bridgehead atoms. The van der Waals surface area contributed by atoms with E-state index in [1.165, 1.54) is 0 Å². The molecule has 0 saturated carbocycles. The molecule has 20 heavy (non-hydrogen) atoms. The normalized spacial score (nSPS) is 12.6. The van der Waals surface area contributed by atoms with E-state index in [9.17, 15) is 4.79 Å². The number of rotatable bonds is 5. The Bertz CT molecular complexity index is 623. The molecule has 1 unspecified atom stereocenters. The molecule has 0 fully saturated rings. The maximum atomic E-state index is 10.9. The first kappa shape index (κ1) is 14.3. The van der Waals surface area contributed by atoms with Gasteiger partial charge in [0.05, 0.1) is 11.9 Å². The fraction of sp³-hybridized carbons (Fsp3) is 0.375. The third-order valence-corrected chi connectivity index (χ3v) is 3.44. The first-order chi connectivity index (χ1) is 9.47. The maximum absolute atomic E-state index is 10.9. The molecular formula is C16H20N2O2. The first-order valence-corrected chi connectivity index (χ1v) is 6.82. The average Bonchev–Trinajstić information content (AvgIpc) is 2.38. The smallest absolute Gasteiger partial charge is 0.305 e. The highest BCUT2D eigenvalue weighted by Gasteiger charge is 2.18. The van der Waals surface area contributed by atoms with Crippen LogP contribution in [0.1, 0.15) is 25.8 Å². The van der Waals surface area contributed by atoms with Gasteiger partial charge in [-0.25, -0.2) is 4.98 Å². The van der Waals surface area contributed by atoms with E-state index in [4.69, 9.17) is 5.11 Å². The van der Waals surface area contributed by atoms with Crippen LogP contribution in [0.2, 0.25) is 0 Å². The van der Waals surface area contributed by atoms with Gasteiger partial charge < -0.3 is 10.4 Å². The zero-order valence-corrected chi connectivity index (χ0v) is 12.1. The van der Waals surface area contributed by atoms with E-state index in [0.29, 0.717) is 0 Å². The molecule has 4 nitrogen and oxygen atoms in total. The van der Waals surface area contributed by atoms with Gasteiger partial charge in [0.25, 0.3) is 0 Å². The summed E-state index contributed by atoms with van der Waals surface area (Å²) in [5.74, 6) is 0.192. The van der Waals surface area contributed by atoms with E-state index in [1.54, 1.807) is 0 Å². The van der Waals surface area contributed by atoms with Crippen LogP contribution in [0.5, 0.6) is 0 Å². The van der Waals surface area contributed by atoms with E-state index < -0.39 is 5.97 Å². The molecule has 106 valence electrons. The molecule has 0 saturated heterocycles. The minimum atomic E-state index is -0.797. The van der Waals surface area contributed by atoms with Crippen molar-refractivity contribution in [3.05, 3.63) is 35.9 Å². The number of para-hydroxylation sites is 1. The predicted molar refractivity (Wildman–Crippen MR) is 81.0 cm³/mol. The molecule has 2 aromatic rings. The summed E-state index contributed by atoms with van der Waals surface area (Å²) < 4.78 is 0. The lowest BCUT2D eigenvalue weighted by Gasteiger charge is -2.22. The Balaban J connectivity index is 2.31. The second-order valence-corrected chi connectivity index (χ2v) is 5.44. The molecule has 1 atom stereocenters. The lowest BCUT2D eigenvalue weighted by atomic mass is 10.0. The Morgan fingerprint density at radius 2 is 2.05 bits per heavy atom. The van der Waals surface area contributed by atoms with E-state index >= 15 is 0 Å². The summed E-state index contributed by atoms with van der Waals surface area (Å²) in [6.07, 6.45) is 0.0889. The number of carboxylic acids is 1. The third-order valence-electron chi connectivity index (χ3n) is 3.44. The molecule has 4 heteroatoms. The van der Waals surface area contributed by atoms with Gasteiger partial charge in [-0.1, -0.05) is 32.0 Å². The number of hydrogen-bond acceptors (Lipinski definition) is 3. The topological polar surface area (TPSA) is 62.2 Å². The number of benzene rings is 1. The van der Waals surface area contributed by atoms with Crippen molar-refractivity contribution in [3.8, 4) is 0 Å². The number of aromatic nitrogens is 1. The average molecular weight is 272 g/mol. The van der Waals surface area contributed by atoms with Gasteiger partial charge in [0.15, 0.2) is 0 Å². The van der Waals surface area contributed by atoms with Crippen molar-refractivity contribution in [3.63, 3.8) is 0 Å². The summed E-state index contributed by atoms with van der Waals surface area (Å²) in [5, 5.41) is 13.4. The van der Waals surface area contributed by atoms with Crippen LogP contribution in [-0.4, -0.2) is 22.1 Å². The molecule has 2 rings (SSSR count). The molecule has 1 aromatic carbocycles. The molecular weight excluding hydrogens is 252 g/mol. The van der Waals surface area contributed by atoms with Crippen molar-refractivity contribution in [1.82, 2.24) is 4.98 Å². The van der Waals surface area contributed by atoms with Crippen LogP contribution in [-0.2, 0) is 4.79 Å². The van der Waals surface area contributed by atoms with Gasteiger partial charge in [0, 0.05) is 11.4 Å². The third kappa shape index (κ3) is 3.26. The molecule has 2 N–H and O–H groups in total. The number of aryl methyl sites for hydroxylation is 1. The molecule has 0 spiro atoms. The Morgan fingerprint density at radius 3 is 2.70 bits per heavy atom. The molecule has 0 amide bonds. The zero-order chi connectivity index (χ0) is 14.7. The van der Waals surface area contributed by atoms with Crippen LogP contribution in [0.3, 0.4) is 0 Å². The van der Waals surface area contributed by atoms with Crippen molar-refractivity contribution < 1.29 is 9.90 Å². The van der Waals surface area contributed by atoms with Crippen molar-refractivity contribution in [2.24, 2.45) is 5.92 Å². The highest BCUT2D eigenvalue weighted by molar-refractivity contribution is 5.81. The van der Waals surface area contributed by atoms with Gasteiger partial charge in [-0.2, -0.15) is 0 Å². The number of nitrogens with zero attached hydrogens (tertiary/aromatic N) is 1. The fourth-order valence-electron chi connectivity index (χ4n) is 2.18. The number of pyridine rings is 1. The van der Waals surface area contributed by atoms with E-state index in [1.807, 2.05) is 45.0 Å². The summed E-state index contributed by atoms with van der Waals surface area (Å²) >= 11 is 0. The van der Waals surface area contributed by atoms with Crippen LogP contribution in [0, 0.1) is 12.8 Å². The second kappa shape index (κ2) is 5.90. The fourth-order valence-corrected chi connectivity index (χ4v) is 2.18. The van der Waals surface area contributed by atoms with E-state index in [-0.39, 0.29) is 18.4 Å². The van der Waals surface area contributed by atoms with Crippen molar-refractivity contribution >= 4 is 22.7 Å². The lowest BCUT2D eigenvalue weighted by molar-refractivity contribution is -0.137. The van der Waals surface area contributed by atoms with Gasteiger partial charge in [-0.3, -0.25) is 4.79 Å². The van der Waals surface area contributed by atoms with E-state index in [2.05, 4.69) is 16.4 Å². The highest BCUT2D eigenvalue weighted by atomic mass is 16.4. The van der Waals surface area contributed by atoms with Gasteiger partial charge in [-0.05, 0) is 30.5 Å². The summed E-state index contributed by atoms with van der Waals surface area (Å²) in [6.45, 7) is 6.01. The minimum Gasteiger partial charge on any atom is -0.481 e. The summed E-state index contributed by atoms with van der Waals surface area (Å²) in [7, 11) is 0. The minimum absolute atomic E-state index is 0.0889. The first-order valence-electron chi connectivity index (χ1n) is 6.82. The Kier molecular flexibility index (Phi) is 4.23. The standard InChI is InChI=1S/C16H20N2O2/c1-10(2)14(9-15(19)20)18-16-11(3)8-12-6-4-5-7-13(12)17-16/h4-8,10,14H,9H2,1-3H3,(H,17,18)(H,19,20). The zero-order valence-electron chi connectivity index (χ0n) is 12.1. The monoisotopic (exact) mass is 272 g/mol. The number of anilines is 1. The van der Waals surface area contributed by atoms with Crippen LogP contribution in [0.15, 0.2) is 30.3 Å². The SMILES string of the molecule is Cc1cc2ccccc2nc1NC(CC(=O)O)C(C)C. The van der Waals surface area contributed by atoms with Crippen molar-refractivity contribution in [2.75, 3.05) is 5.32 Å². The Morgan fingerprint density at radius 1 is 1.35 bits per heavy atom. The number of carbonyl (C=O) groups is 1. The van der Waals surface area contributed by atoms with Crippen molar-refractivity contribution in [1.29, 1.82) is 0 Å². The maximum Gasteiger partial charge on any atom is 0.305 e. The predicted octanol–water partition coefficient (Wildman–Crippen LogP) is 3.45. The summed E-state index contributed by atoms with van der Waals surface area (Å²) in [5.41, 5.74) is 1.94. The van der Waals surface area contributed by atoms with Crippen molar-refractivity contribution in [2.45, 2.75) is 33.2 Å². The molecule has 0 aliphatic heterocycles. The summed E-state index contributed by atoms with van der Waals surface area (Å²) in [6, 6.07) is 9.87. The lowest BCUT2D eigenvalue weighted by Crippen LogP contribution is -2.29. The number of fused-ring (bicyclic) bond motifs is 1. The Hall–Kier alpha value is -2.10. The van der Waals surface area contributed by atoms with Gasteiger partial charge in [-0.15, -0.1) is 0 Å². The van der Waals surface area contributed by atoms with Crippen LogP contribution < -0.4 is 5.32 Å². The molecule has 0 aliphatic carbocycles. The molecule has 0 radical (unpaired) electrons. The van der Waals surface area contributed by atoms with Crippen LogP contribution in [0.25, 0.3) is 10.9 Å². The molecule has 1 heterocycles. The number of carboxylic acid groups (broad SMARTS) is 1. The van der Waals surface area contributed by atoms with Gasteiger partial charge in [0.2, 0.25) is 0 Å². The molecule has 1 aromatic heterocycles. The highest BCUT2D eigenvalue weighted by Crippen LogP contribution is 2.22. The number of nitrogens with one attached hydrogen (secondary N) is 1. The Labute approximate surface area is 118 Å². The number of hydrogen-bond donors (Lipinski definition) is 2. The summed E-state index contributed by atoms with van der Waals surface area (Å²) in [4.78, 5) is 15.5. The second-order valence-electron chi connectivity index (χ2n) is 5.44. The van der Waals surface area contributed by atoms with Gasteiger partial charge in [0.1, 0.15) is 5.82 Å². The van der Waals surface area contributed by atoms with Crippen LogP contribution in [0.4, 0.5) is 5.82 Å². The largest absolute Gasteiger partial charge is 0.481 e. The molecule has 0 aliphatic rings. The quantitative estimate of drug-likeness (QED) is 0.875. The van der Waals surface area contributed by atoms with Crippen LogP contribution >= 0.6 is 0 Å². The number of aliphatic carboxylic acids is 1. The van der Waals surface area contributed by atoms with E-state index in [0.717, 1.165) is 22.3 Å².